The van der Waals surface area contributed by atoms with Crippen LogP contribution in [0.1, 0.15) is 45.9 Å². The molecule has 0 aliphatic rings. The smallest absolute Gasteiger partial charge is 0.225 e. The lowest BCUT2D eigenvalue weighted by Crippen LogP contribution is -2.43. The zero-order valence-electron chi connectivity index (χ0n) is 15.6. The maximum absolute atomic E-state index is 12.7. The molecule has 1 atom stereocenters. The molecule has 130 valence electrons. The van der Waals surface area contributed by atoms with Gasteiger partial charge in [0.15, 0.2) is 0 Å². The van der Waals surface area contributed by atoms with Gasteiger partial charge in [0.25, 0.3) is 0 Å². The van der Waals surface area contributed by atoms with E-state index in [9.17, 15) is 4.79 Å². The number of carbonyl (C=O) groups is 1. The average molecular weight is 326 g/mol. The first-order valence-electron chi connectivity index (χ1n) is 8.88. The van der Waals surface area contributed by atoms with Gasteiger partial charge in [-0.3, -0.25) is 4.79 Å². The largest absolute Gasteiger partial charge is 0.345 e. The van der Waals surface area contributed by atoms with Crippen molar-refractivity contribution < 1.29 is 4.79 Å². The monoisotopic (exact) mass is 326 g/mol. The van der Waals surface area contributed by atoms with Gasteiger partial charge in [0.1, 0.15) is 0 Å². The second-order valence-electron chi connectivity index (χ2n) is 7.22. The summed E-state index contributed by atoms with van der Waals surface area (Å²) >= 11 is 0. The molecular formula is C21H30N2O. The summed E-state index contributed by atoms with van der Waals surface area (Å²) < 4.78 is 2.24. The van der Waals surface area contributed by atoms with Crippen LogP contribution in [-0.4, -0.2) is 21.4 Å². The van der Waals surface area contributed by atoms with Crippen molar-refractivity contribution in [2.75, 3.05) is 0 Å². The molecule has 3 heteroatoms. The summed E-state index contributed by atoms with van der Waals surface area (Å²) in [6, 6.07) is 14.8. The standard InChI is InChI=1S/C21H30N2O/c1-16(2)18(5)23(21(24)17(3)4)15-20-12-9-13-22(20)14-19-10-7-6-8-11-19/h6-13,16-18H,14-15H2,1-5H3/t18-/m0/s1. The summed E-state index contributed by atoms with van der Waals surface area (Å²) in [5.41, 5.74) is 2.45. The van der Waals surface area contributed by atoms with Crippen molar-refractivity contribution in [1.82, 2.24) is 9.47 Å². The average Bonchev–Trinajstić information content (AvgIpc) is 2.99. The number of benzene rings is 1. The van der Waals surface area contributed by atoms with Gasteiger partial charge in [0.05, 0.1) is 6.54 Å². The van der Waals surface area contributed by atoms with E-state index in [4.69, 9.17) is 0 Å². The van der Waals surface area contributed by atoms with Crippen molar-refractivity contribution >= 4 is 5.91 Å². The van der Waals surface area contributed by atoms with E-state index < -0.39 is 0 Å². The third-order valence-corrected chi connectivity index (χ3v) is 4.69. The van der Waals surface area contributed by atoms with Crippen molar-refractivity contribution in [2.24, 2.45) is 11.8 Å². The minimum atomic E-state index is 0.0173. The van der Waals surface area contributed by atoms with Gasteiger partial charge >= 0.3 is 0 Å². The third kappa shape index (κ3) is 4.50. The number of amides is 1. The van der Waals surface area contributed by atoms with Gasteiger partial charge in [-0.2, -0.15) is 0 Å². The Bertz CT molecular complexity index is 643. The highest BCUT2D eigenvalue weighted by molar-refractivity contribution is 5.78. The molecule has 0 fully saturated rings. The highest BCUT2D eigenvalue weighted by Gasteiger charge is 2.25. The van der Waals surface area contributed by atoms with Gasteiger partial charge in [-0.1, -0.05) is 58.0 Å². The van der Waals surface area contributed by atoms with Crippen LogP contribution in [0, 0.1) is 11.8 Å². The molecule has 0 spiro atoms. The van der Waals surface area contributed by atoms with Crippen LogP contribution in [0.15, 0.2) is 48.7 Å². The highest BCUT2D eigenvalue weighted by atomic mass is 16.2. The van der Waals surface area contributed by atoms with Crippen LogP contribution in [0.25, 0.3) is 0 Å². The molecule has 3 nitrogen and oxygen atoms in total. The van der Waals surface area contributed by atoms with E-state index in [-0.39, 0.29) is 17.9 Å². The Morgan fingerprint density at radius 3 is 2.25 bits per heavy atom. The first-order chi connectivity index (χ1) is 11.4. The first-order valence-corrected chi connectivity index (χ1v) is 8.88. The zero-order valence-corrected chi connectivity index (χ0v) is 15.6. The van der Waals surface area contributed by atoms with E-state index in [1.807, 2.05) is 24.8 Å². The van der Waals surface area contributed by atoms with Gasteiger partial charge in [-0.05, 0) is 30.5 Å². The van der Waals surface area contributed by atoms with Crippen molar-refractivity contribution in [3.8, 4) is 0 Å². The molecule has 0 unspecified atom stereocenters. The molecule has 0 aliphatic carbocycles. The Morgan fingerprint density at radius 2 is 1.67 bits per heavy atom. The van der Waals surface area contributed by atoms with Gasteiger partial charge in [-0.25, -0.2) is 0 Å². The Morgan fingerprint density at radius 1 is 1.00 bits per heavy atom. The van der Waals surface area contributed by atoms with E-state index in [1.165, 1.54) is 11.3 Å². The van der Waals surface area contributed by atoms with E-state index in [1.54, 1.807) is 0 Å². The van der Waals surface area contributed by atoms with E-state index in [0.717, 1.165) is 6.54 Å². The van der Waals surface area contributed by atoms with Crippen LogP contribution < -0.4 is 0 Å². The van der Waals surface area contributed by atoms with Gasteiger partial charge < -0.3 is 9.47 Å². The Hall–Kier alpha value is -2.03. The lowest BCUT2D eigenvalue weighted by Gasteiger charge is -2.33. The van der Waals surface area contributed by atoms with Crippen LogP contribution in [0.5, 0.6) is 0 Å². The quantitative estimate of drug-likeness (QED) is 0.732. The summed E-state index contributed by atoms with van der Waals surface area (Å²) in [4.78, 5) is 14.7. The molecule has 1 heterocycles. The molecule has 0 saturated heterocycles. The number of aromatic nitrogens is 1. The lowest BCUT2D eigenvalue weighted by atomic mass is 10.0. The van der Waals surface area contributed by atoms with E-state index >= 15 is 0 Å². The number of hydrogen-bond acceptors (Lipinski definition) is 1. The summed E-state index contributed by atoms with van der Waals surface area (Å²) in [5.74, 6) is 0.678. The molecule has 2 aromatic rings. The van der Waals surface area contributed by atoms with Crippen LogP contribution in [0.3, 0.4) is 0 Å². The summed E-state index contributed by atoms with van der Waals surface area (Å²) in [6.45, 7) is 12.0. The highest BCUT2D eigenvalue weighted by Crippen LogP contribution is 2.19. The minimum Gasteiger partial charge on any atom is -0.345 e. The number of carbonyl (C=O) groups excluding carboxylic acids is 1. The first kappa shape index (κ1) is 18.3. The lowest BCUT2D eigenvalue weighted by molar-refractivity contribution is -0.138. The van der Waals surface area contributed by atoms with E-state index in [2.05, 4.69) is 67.9 Å². The van der Waals surface area contributed by atoms with Crippen LogP contribution in [0.4, 0.5) is 0 Å². The fourth-order valence-corrected chi connectivity index (χ4v) is 2.82. The SMILES string of the molecule is CC(C)C(=O)N(Cc1cccn1Cc1ccccc1)[C@@H](C)C(C)C. The summed E-state index contributed by atoms with van der Waals surface area (Å²) in [5, 5.41) is 0. The van der Waals surface area contributed by atoms with Gasteiger partial charge in [0, 0.05) is 30.4 Å². The molecule has 2 rings (SSSR count). The fraction of sp³-hybridized carbons (Fsp3) is 0.476. The predicted octanol–water partition coefficient (Wildman–Crippen LogP) is 4.57. The zero-order chi connectivity index (χ0) is 17.7. The topological polar surface area (TPSA) is 25.2 Å². The Kier molecular flexibility index (Phi) is 6.24. The van der Waals surface area contributed by atoms with E-state index in [0.29, 0.717) is 12.5 Å². The van der Waals surface area contributed by atoms with Crippen molar-refractivity contribution in [3.05, 3.63) is 59.9 Å². The number of hydrogen-bond donors (Lipinski definition) is 0. The molecule has 0 bridgehead atoms. The number of rotatable bonds is 7. The minimum absolute atomic E-state index is 0.0173. The van der Waals surface area contributed by atoms with Crippen molar-refractivity contribution in [2.45, 2.75) is 53.8 Å². The Labute approximate surface area is 146 Å². The van der Waals surface area contributed by atoms with Crippen LogP contribution >= 0.6 is 0 Å². The third-order valence-electron chi connectivity index (χ3n) is 4.69. The van der Waals surface area contributed by atoms with Crippen molar-refractivity contribution in [1.29, 1.82) is 0 Å². The second kappa shape index (κ2) is 8.18. The molecule has 1 amide bonds. The summed E-state index contributed by atoms with van der Waals surface area (Å²) in [6.07, 6.45) is 2.10. The molecule has 0 N–H and O–H groups in total. The fourth-order valence-electron chi connectivity index (χ4n) is 2.82. The molecular weight excluding hydrogens is 296 g/mol. The molecule has 1 aromatic carbocycles. The normalized spacial score (nSPS) is 12.6. The Balaban J connectivity index is 2.21. The number of nitrogens with zero attached hydrogens (tertiary/aromatic N) is 2. The molecule has 1 aromatic heterocycles. The molecule has 0 saturated carbocycles. The predicted molar refractivity (Wildman–Crippen MR) is 99.7 cm³/mol. The molecule has 24 heavy (non-hydrogen) atoms. The molecule has 0 radical (unpaired) electrons. The van der Waals surface area contributed by atoms with Gasteiger partial charge in [0.2, 0.25) is 5.91 Å². The summed E-state index contributed by atoms with van der Waals surface area (Å²) in [7, 11) is 0. The van der Waals surface area contributed by atoms with Crippen LogP contribution in [-0.2, 0) is 17.9 Å². The van der Waals surface area contributed by atoms with Crippen molar-refractivity contribution in [3.63, 3.8) is 0 Å². The van der Waals surface area contributed by atoms with Crippen LogP contribution in [0.2, 0.25) is 0 Å². The maximum atomic E-state index is 12.7. The molecule has 0 aliphatic heterocycles. The maximum Gasteiger partial charge on any atom is 0.225 e. The second-order valence-corrected chi connectivity index (χ2v) is 7.22. The van der Waals surface area contributed by atoms with Gasteiger partial charge in [-0.15, -0.1) is 0 Å².